The number of fused-ring (bicyclic) bond motifs is 1. The van der Waals surface area contributed by atoms with Gasteiger partial charge in [-0.1, -0.05) is 37.3 Å². The average Bonchev–Trinajstić information content (AvgIpc) is 2.92. The molecule has 0 radical (unpaired) electrons. The third-order valence-electron chi connectivity index (χ3n) is 4.12. The fraction of sp³-hybridized carbons (Fsp3) is 0.368. The van der Waals surface area contributed by atoms with Crippen molar-refractivity contribution in [2.75, 3.05) is 13.7 Å². The minimum atomic E-state index is 0.0451. The smallest absolute Gasteiger partial charge is 0.262 e. The lowest BCUT2D eigenvalue weighted by atomic mass is 10.0. The molecule has 0 aliphatic rings. The number of aryl methyl sites for hydroxylation is 2. The molecule has 4 nitrogen and oxygen atoms in total. The number of hydrogen-bond acceptors (Lipinski definition) is 4. The first-order chi connectivity index (χ1) is 11.7. The number of hydrogen-bond donors (Lipinski definition) is 0. The Kier molecular flexibility index (Phi) is 5.11. The van der Waals surface area contributed by atoms with Crippen LogP contribution in [0.4, 0.5) is 0 Å². The molecule has 3 aromatic rings. The lowest BCUT2D eigenvalue weighted by molar-refractivity contribution is 0.185. The Morgan fingerprint density at radius 1 is 1.25 bits per heavy atom. The first-order valence-electron chi connectivity index (χ1n) is 8.24. The molecule has 0 spiro atoms. The highest BCUT2D eigenvalue weighted by molar-refractivity contribution is 7.19. The number of thiophene rings is 1. The van der Waals surface area contributed by atoms with Crippen molar-refractivity contribution in [3.05, 3.63) is 51.4 Å². The van der Waals surface area contributed by atoms with Crippen LogP contribution in [0.3, 0.4) is 0 Å². The molecule has 0 atom stereocenters. The zero-order chi connectivity index (χ0) is 17.1. The molecule has 0 fully saturated rings. The van der Waals surface area contributed by atoms with Crippen LogP contribution in [0.5, 0.6) is 0 Å². The molecular weight excluding hydrogens is 320 g/mol. The summed E-state index contributed by atoms with van der Waals surface area (Å²) in [6, 6.07) is 10.1. The van der Waals surface area contributed by atoms with Crippen LogP contribution in [0.25, 0.3) is 21.3 Å². The Labute approximate surface area is 145 Å². The second-order valence-electron chi connectivity index (χ2n) is 5.81. The Morgan fingerprint density at radius 2 is 2.00 bits per heavy atom. The van der Waals surface area contributed by atoms with E-state index in [4.69, 9.17) is 9.72 Å². The van der Waals surface area contributed by atoms with Gasteiger partial charge in [-0.15, -0.1) is 11.3 Å². The lowest BCUT2D eigenvalue weighted by Gasteiger charge is -2.12. The van der Waals surface area contributed by atoms with Crippen molar-refractivity contribution in [3.63, 3.8) is 0 Å². The standard InChI is InChI=1S/C19H22N2O2S/c1-4-8-15-20-18-17(19(22)21(15)11-12-23-3)16(13(2)24-18)14-9-6-5-7-10-14/h5-7,9-10H,4,8,11-12H2,1-3H3. The van der Waals surface area contributed by atoms with E-state index < -0.39 is 0 Å². The number of methoxy groups -OCH3 is 1. The van der Waals surface area contributed by atoms with Gasteiger partial charge in [0.1, 0.15) is 10.7 Å². The van der Waals surface area contributed by atoms with Crippen molar-refractivity contribution in [1.29, 1.82) is 0 Å². The second kappa shape index (κ2) is 7.28. The first kappa shape index (κ1) is 16.9. The van der Waals surface area contributed by atoms with Crippen molar-refractivity contribution < 1.29 is 4.74 Å². The number of rotatable bonds is 6. The van der Waals surface area contributed by atoms with Crippen LogP contribution >= 0.6 is 11.3 Å². The average molecular weight is 342 g/mol. The number of ether oxygens (including phenoxy) is 1. The molecule has 126 valence electrons. The monoisotopic (exact) mass is 342 g/mol. The summed E-state index contributed by atoms with van der Waals surface area (Å²) in [5, 5.41) is 0.736. The van der Waals surface area contributed by atoms with Crippen molar-refractivity contribution in [2.24, 2.45) is 0 Å². The number of nitrogens with zero attached hydrogens (tertiary/aromatic N) is 2. The summed E-state index contributed by atoms with van der Waals surface area (Å²) >= 11 is 1.60. The van der Waals surface area contributed by atoms with E-state index in [1.165, 1.54) is 0 Å². The summed E-state index contributed by atoms with van der Waals surface area (Å²) in [6.45, 7) is 5.21. The number of benzene rings is 1. The molecule has 1 aromatic carbocycles. The van der Waals surface area contributed by atoms with E-state index in [0.717, 1.165) is 44.9 Å². The topological polar surface area (TPSA) is 44.1 Å². The minimum absolute atomic E-state index is 0.0451. The van der Waals surface area contributed by atoms with Gasteiger partial charge in [-0.2, -0.15) is 0 Å². The highest BCUT2D eigenvalue weighted by Gasteiger charge is 2.19. The molecule has 2 heterocycles. The molecule has 2 aromatic heterocycles. The van der Waals surface area contributed by atoms with Gasteiger partial charge in [0.2, 0.25) is 0 Å². The normalized spacial score (nSPS) is 11.3. The maximum absolute atomic E-state index is 13.2. The van der Waals surface area contributed by atoms with Gasteiger partial charge in [0.25, 0.3) is 5.56 Å². The van der Waals surface area contributed by atoms with Gasteiger partial charge in [0.05, 0.1) is 18.5 Å². The fourth-order valence-corrected chi connectivity index (χ4v) is 4.07. The van der Waals surface area contributed by atoms with Crippen LogP contribution in [-0.4, -0.2) is 23.3 Å². The molecule has 0 amide bonds. The van der Waals surface area contributed by atoms with Gasteiger partial charge in [0, 0.05) is 24.0 Å². The van der Waals surface area contributed by atoms with E-state index >= 15 is 0 Å². The van der Waals surface area contributed by atoms with Crippen LogP contribution in [0, 0.1) is 6.92 Å². The molecule has 5 heteroatoms. The van der Waals surface area contributed by atoms with Gasteiger partial charge < -0.3 is 4.74 Å². The molecule has 0 saturated carbocycles. The third kappa shape index (κ3) is 3.01. The predicted octanol–water partition coefficient (Wildman–Crippen LogP) is 4.03. The quantitative estimate of drug-likeness (QED) is 0.679. The van der Waals surface area contributed by atoms with Crippen LogP contribution < -0.4 is 5.56 Å². The van der Waals surface area contributed by atoms with Crippen LogP contribution in [0.15, 0.2) is 35.1 Å². The molecule has 3 rings (SSSR count). The summed E-state index contributed by atoms with van der Waals surface area (Å²) in [6.07, 6.45) is 1.76. The maximum atomic E-state index is 13.2. The summed E-state index contributed by atoms with van der Waals surface area (Å²) in [4.78, 5) is 20.0. The maximum Gasteiger partial charge on any atom is 0.262 e. The lowest BCUT2D eigenvalue weighted by Crippen LogP contribution is -2.27. The third-order valence-corrected chi connectivity index (χ3v) is 5.12. The van der Waals surface area contributed by atoms with E-state index in [0.29, 0.717) is 13.2 Å². The zero-order valence-electron chi connectivity index (χ0n) is 14.3. The Hall–Kier alpha value is -1.98. The highest BCUT2D eigenvalue weighted by Crippen LogP contribution is 2.35. The fourth-order valence-electron chi connectivity index (χ4n) is 3.02. The van der Waals surface area contributed by atoms with Crippen molar-refractivity contribution >= 4 is 21.6 Å². The molecule has 0 bridgehead atoms. The number of aromatic nitrogens is 2. The molecular formula is C19H22N2O2S. The Bertz CT molecular complexity index is 897. The SMILES string of the molecule is CCCc1nc2sc(C)c(-c3ccccc3)c2c(=O)n1CCOC. The van der Waals surface area contributed by atoms with Crippen LogP contribution in [-0.2, 0) is 17.7 Å². The summed E-state index contributed by atoms with van der Waals surface area (Å²) in [5.41, 5.74) is 2.13. The second-order valence-corrected chi connectivity index (χ2v) is 7.01. The molecule has 0 N–H and O–H groups in total. The summed E-state index contributed by atoms with van der Waals surface area (Å²) < 4.78 is 6.97. The van der Waals surface area contributed by atoms with E-state index in [9.17, 15) is 4.79 Å². The first-order valence-corrected chi connectivity index (χ1v) is 9.06. The zero-order valence-corrected chi connectivity index (χ0v) is 15.2. The van der Waals surface area contributed by atoms with Crippen LogP contribution in [0.1, 0.15) is 24.0 Å². The molecule has 0 aliphatic heterocycles. The van der Waals surface area contributed by atoms with Gasteiger partial charge in [0.15, 0.2) is 0 Å². The van der Waals surface area contributed by atoms with Crippen LogP contribution in [0.2, 0.25) is 0 Å². The molecule has 24 heavy (non-hydrogen) atoms. The summed E-state index contributed by atoms with van der Waals surface area (Å²) in [7, 11) is 1.65. The van der Waals surface area contributed by atoms with Gasteiger partial charge in [-0.25, -0.2) is 4.98 Å². The molecule has 0 saturated heterocycles. The predicted molar refractivity (Wildman–Crippen MR) is 99.9 cm³/mol. The van der Waals surface area contributed by atoms with Gasteiger partial charge in [-0.3, -0.25) is 9.36 Å². The van der Waals surface area contributed by atoms with Crippen molar-refractivity contribution in [1.82, 2.24) is 9.55 Å². The van der Waals surface area contributed by atoms with E-state index in [1.807, 2.05) is 30.3 Å². The van der Waals surface area contributed by atoms with Crippen molar-refractivity contribution in [3.8, 4) is 11.1 Å². The van der Waals surface area contributed by atoms with E-state index in [1.54, 1.807) is 23.0 Å². The van der Waals surface area contributed by atoms with Gasteiger partial charge in [-0.05, 0) is 18.9 Å². The van der Waals surface area contributed by atoms with E-state index in [2.05, 4.69) is 13.8 Å². The van der Waals surface area contributed by atoms with Crippen molar-refractivity contribution in [2.45, 2.75) is 33.2 Å². The highest BCUT2D eigenvalue weighted by atomic mass is 32.1. The minimum Gasteiger partial charge on any atom is -0.383 e. The summed E-state index contributed by atoms with van der Waals surface area (Å²) in [5.74, 6) is 0.855. The van der Waals surface area contributed by atoms with E-state index in [-0.39, 0.29) is 5.56 Å². The Balaban J connectivity index is 2.28. The molecule has 0 unspecified atom stereocenters. The molecule has 0 aliphatic carbocycles. The van der Waals surface area contributed by atoms with Gasteiger partial charge >= 0.3 is 0 Å². The largest absolute Gasteiger partial charge is 0.383 e. The Morgan fingerprint density at radius 3 is 2.67 bits per heavy atom.